The topological polar surface area (TPSA) is 48.0 Å². The van der Waals surface area contributed by atoms with Crippen LogP contribution in [-0.2, 0) is 16.0 Å². The number of methoxy groups -OCH3 is 1. The van der Waals surface area contributed by atoms with Gasteiger partial charge in [-0.05, 0) is 43.5 Å². The predicted octanol–water partition coefficient (Wildman–Crippen LogP) is 1.84. The van der Waals surface area contributed by atoms with Crippen molar-refractivity contribution >= 4 is 5.97 Å². The van der Waals surface area contributed by atoms with Gasteiger partial charge in [-0.2, -0.15) is 0 Å². The molecule has 0 amide bonds. The van der Waals surface area contributed by atoms with Gasteiger partial charge >= 0.3 is 5.97 Å². The van der Waals surface area contributed by atoms with Gasteiger partial charge < -0.3 is 19.1 Å². The van der Waals surface area contributed by atoms with E-state index in [1.54, 1.807) is 0 Å². The second-order valence-corrected chi connectivity index (χ2v) is 5.60. The highest BCUT2D eigenvalue weighted by atomic mass is 16.7. The quantitative estimate of drug-likeness (QED) is 0.792. The lowest BCUT2D eigenvalue weighted by molar-refractivity contribution is -0.147. The number of fused-ring (bicyclic) bond motifs is 1. The number of hydrogen-bond donors (Lipinski definition) is 0. The molecule has 1 aromatic rings. The van der Waals surface area contributed by atoms with Crippen LogP contribution in [0.3, 0.4) is 0 Å². The molecule has 5 heteroatoms. The average Bonchev–Trinajstić information content (AvgIpc) is 3.00. The third kappa shape index (κ3) is 3.29. The van der Waals surface area contributed by atoms with Gasteiger partial charge in [-0.25, -0.2) is 0 Å². The third-order valence-electron chi connectivity index (χ3n) is 4.19. The van der Waals surface area contributed by atoms with Gasteiger partial charge in [-0.15, -0.1) is 0 Å². The number of esters is 1. The second kappa shape index (κ2) is 6.35. The summed E-state index contributed by atoms with van der Waals surface area (Å²) < 4.78 is 15.6. The van der Waals surface area contributed by atoms with E-state index in [0.29, 0.717) is 6.79 Å². The van der Waals surface area contributed by atoms with Crippen molar-refractivity contribution in [3.63, 3.8) is 0 Å². The molecule has 0 saturated carbocycles. The maximum atomic E-state index is 11.6. The lowest BCUT2D eigenvalue weighted by Crippen LogP contribution is -2.40. The number of likely N-dealkylation sites (tertiary alicyclic amines) is 1. The lowest BCUT2D eigenvalue weighted by Gasteiger charge is -2.31. The zero-order valence-corrected chi connectivity index (χ0v) is 12.3. The van der Waals surface area contributed by atoms with Crippen molar-refractivity contribution in [3.05, 3.63) is 23.8 Å². The van der Waals surface area contributed by atoms with E-state index < -0.39 is 0 Å². The summed E-state index contributed by atoms with van der Waals surface area (Å²) in [7, 11) is 1.47. The van der Waals surface area contributed by atoms with Crippen molar-refractivity contribution in [1.29, 1.82) is 0 Å². The maximum Gasteiger partial charge on any atom is 0.309 e. The molecule has 0 N–H and O–H groups in total. The Kier molecular flexibility index (Phi) is 4.29. The van der Waals surface area contributed by atoms with Crippen LogP contribution in [0.25, 0.3) is 0 Å². The molecule has 1 aromatic carbocycles. The molecule has 114 valence electrons. The van der Waals surface area contributed by atoms with E-state index in [4.69, 9.17) is 14.2 Å². The first-order valence-corrected chi connectivity index (χ1v) is 7.45. The Balaban J connectivity index is 1.54. The molecule has 21 heavy (non-hydrogen) atoms. The molecule has 1 atom stereocenters. The molecule has 2 aliphatic heterocycles. The van der Waals surface area contributed by atoms with Crippen molar-refractivity contribution in [2.75, 3.05) is 33.5 Å². The van der Waals surface area contributed by atoms with Gasteiger partial charge in [0, 0.05) is 13.1 Å². The highest BCUT2D eigenvalue weighted by Crippen LogP contribution is 2.32. The van der Waals surface area contributed by atoms with Crippen LogP contribution in [0.2, 0.25) is 0 Å². The fraction of sp³-hybridized carbons (Fsp3) is 0.562. The summed E-state index contributed by atoms with van der Waals surface area (Å²) in [4.78, 5) is 14.0. The SMILES string of the molecule is COC(=O)C1CCCN(CCc2ccc3c(c2)OCO3)C1. The largest absolute Gasteiger partial charge is 0.469 e. The number of piperidine rings is 1. The maximum absolute atomic E-state index is 11.6. The monoisotopic (exact) mass is 291 g/mol. The van der Waals surface area contributed by atoms with E-state index in [1.165, 1.54) is 12.7 Å². The number of carbonyl (C=O) groups is 1. The van der Waals surface area contributed by atoms with Crippen LogP contribution in [-0.4, -0.2) is 44.4 Å². The van der Waals surface area contributed by atoms with Crippen LogP contribution in [0.15, 0.2) is 18.2 Å². The molecule has 1 unspecified atom stereocenters. The number of hydrogen-bond acceptors (Lipinski definition) is 5. The zero-order chi connectivity index (χ0) is 14.7. The van der Waals surface area contributed by atoms with Crippen molar-refractivity contribution in [2.45, 2.75) is 19.3 Å². The number of ether oxygens (including phenoxy) is 3. The summed E-state index contributed by atoms with van der Waals surface area (Å²) in [6.45, 7) is 3.12. The standard InChI is InChI=1S/C16H21NO4/c1-19-16(18)13-3-2-7-17(10-13)8-6-12-4-5-14-15(9-12)21-11-20-14/h4-5,9,13H,2-3,6-8,10-11H2,1H3. The Morgan fingerprint density at radius 2 is 2.24 bits per heavy atom. The van der Waals surface area contributed by atoms with E-state index in [1.807, 2.05) is 12.1 Å². The molecule has 0 spiro atoms. The van der Waals surface area contributed by atoms with E-state index in [0.717, 1.165) is 50.4 Å². The fourth-order valence-electron chi connectivity index (χ4n) is 3.00. The van der Waals surface area contributed by atoms with Crippen molar-refractivity contribution in [1.82, 2.24) is 4.90 Å². The molecule has 3 rings (SSSR count). The van der Waals surface area contributed by atoms with Gasteiger partial charge in [0.2, 0.25) is 6.79 Å². The highest BCUT2D eigenvalue weighted by molar-refractivity contribution is 5.72. The number of benzene rings is 1. The first-order valence-electron chi connectivity index (χ1n) is 7.45. The van der Waals surface area contributed by atoms with Crippen molar-refractivity contribution in [3.8, 4) is 11.5 Å². The molecule has 2 aliphatic rings. The summed E-state index contributed by atoms with van der Waals surface area (Å²) >= 11 is 0. The first kappa shape index (κ1) is 14.2. The van der Waals surface area contributed by atoms with Crippen LogP contribution in [0.1, 0.15) is 18.4 Å². The van der Waals surface area contributed by atoms with Crippen LogP contribution < -0.4 is 9.47 Å². The molecule has 1 saturated heterocycles. The fourth-order valence-corrected chi connectivity index (χ4v) is 3.00. The molecule has 0 radical (unpaired) electrons. The van der Waals surface area contributed by atoms with E-state index in [2.05, 4.69) is 11.0 Å². The third-order valence-corrected chi connectivity index (χ3v) is 4.19. The van der Waals surface area contributed by atoms with E-state index in [9.17, 15) is 4.79 Å². The Hall–Kier alpha value is -1.75. The smallest absolute Gasteiger partial charge is 0.309 e. The van der Waals surface area contributed by atoms with Gasteiger partial charge in [0.25, 0.3) is 0 Å². The summed E-state index contributed by atoms with van der Waals surface area (Å²) in [5.74, 6) is 1.60. The van der Waals surface area contributed by atoms with Crippen LogP contribution >= 0.6 is 0 Å². The van der Waals surface area contributed by atoms with Crippen molar-refractivity contribution in [2.24, 2.45) is 5.92 Å². The minimum absolute atomic E-state index is 0.0282. The first-order chi connectivity index (χ1) is 10.3. The van der Waals surface area contributed by atoms with Gasteiger partial charge in [0.1, 0.15) is 0 Å². The van der Waals surface area contributed by atoms with E-state index in [-0.39, 0.29) is 11.9 Å². The van der Waals surface area contributed by atoms with Gasteiger partial charge in [0.05, 0.1) is 13.0 Å². The Morgan fingerprint density at radius 1 is 1.38 bits per heavy atom. The highest BCUT2D eigenvalue weighted by Gasteiger charge is 2.26. The molecule has 0 aliphatic carbocycles. The number of nitrogens with zero attached hydrogens (tertiary/aromatic N) is 1. The number of rotatable bonds is 4. The normalized spacial score (nSPS) is 21.3. The summed E-state index contributed by atoms with van der Waals surface area (Å²) in [6, 6.07) is 6.09. The van der Waals surface area contributed by atoms with E-state index >= 15 is 0 Å². The number of carbonyl (C=O) groups excluding carboxylic acids is 1. The van der Waals surface area contributed by atoms with Crippen LogP contribution in [0.4, 0.5) is 0 Å². The van der Waals surface area contributed by atoms with Gasteiger partial charge in [0.15, 0.2) is 11.5 Å². The van der Waals surface area contributed by atoms with Crippen LogP contribution in [0, 0.1) is 5.92 Å². The minimum atomic E-state index is -0.0808. The predicted molar refractivity (Wildman–Crippen MR) is 77.4 cm³/mol. The lowest BCUT2D eigenvalue weighted by atomic mass is 9.98. The Bertz CT molecular complexity index is 517. The second-order valence-electron chi connectivity index (χ2n) is 5.60. The molecule has 2 heterocycles. The zero-order valence-electron chi connectivity index (χ0n) is 12.3. The van der Waals surface area contributed by atoms with Gasteiger partial charge in [-0.3, -0.25) is 4.79 Å². The molecular weight excluding hydrogens is 270 g/mol. The van der Waals surface area contributed by atoms with Gasteiger partial charge in [-0.1, -0.05) is 6.07 Å². The summed E-state index contributed by atoms with van der Waals surface area (Å²) in [5, 5.41) is 0. The Morgan fingerprint density at radius 3 is 3.10 bits per heavy atom. The summed E-state index contributed by atoms with van der Waals surface area (Å²) in [5.41, 5.74) is 1.24. The molecule has 1 fully saturated rings. The average molecular weight is 291 g/mol. The molecule has 0 bridgehead atoms. The molecule has 5 nitrogen and oxygen atoms in total. The summed E-state index contributed by atoms with van der Waals surface area (Å²) in [6.07, 6.45) is 2.94. The minimum Gasteiger partial charge on any atom is -0.469 e. The molecule has 0 aromatic heterocycles. The Labute approximate surface area is 124 Å². The van der Waals surface area contributed by atoms with Crippen LogP contribution in [0.5, 0.6) is 11.5 Å². The molecular formula is C16H21NO4. The van der Waals surface area contributed by atoms with Crippen molar-refractivity contribution < 1.29 is 19.0 Å².